The van der Waals surface area contributed by atoms with E-state index in [9.17, 15) is 0 Å². The van der Waals surface area contributed by atoms with Crippen LogP contribution in [0.15, 0.2) is 0 Å². The molecule has 0 aliphatic heterocycles. The van der Waals surface area contributed by atoms with Crippen LogP contribution >= 0.6 is 0 Å². The number of aliphatic hydroxyl groups excluding tert-OH is 1. The van der Waals surface area contributed by atoms with E-state index >= 15 is 0 Å². The van der Waals surface area contributed by atoms with Gasteiger partial charge in [-0.3, -0.25) is 0 Å². The first kappa shape index (κ1) is 64.8. The fraction of sp³-hybridized carbons (Fsp3) is 1.00. The van der Waals surface area contributed by atoms with Crippen LogP contribution in [-0.2, 0) is 0 Å². The topological polar surface area (TPSA) is 20.2 Å². The highest BCUT2D eigenvalue weighted by Gasteiger charge is 1.57. The molecular weight excluding hydrogens is 112 g/mol. The molecule has 1 N–H and O–H groups in total. The molecule has 1 heteroatoms. The molecule has 9 heavy (non-hydrogen) atoms. The maximum Gasteiger partial charge on any atom is 0.0428 e. The first-order valence-corrected chi connectivity index (χ1v) is 1.52. The van der Waals surface area contributed by atoms with Crippen molar-refractivity contribution in [3.8, 4) is 0 Å². The third kappa shape index (κ3) is 307. The second-order valence-electron chi connectivity index (χ2n) is 0.724. The predicted molar refractivity (Wildman–Crippen MR) is 51.0 cm³/mol. The SMILES string of the molecule is C.C.C.C.C.CCCO. The van der Waals surface area contributed by atoms with Crippen molar-refractivity contribution >= 4 is 0 Å². The van der Waals surface area contributed by atoms with E-state index in [1.165, 1.54) is 0 Å². The third-order valence-corrected chi connectivity index (χ3v) is 0.224. The van der Waals surface area contributed by atoms with Crippen LogP contribution in [0.25, 0.3) is 0 Å². The van der Waals surface area contributed by atoms with E-state index in [1.54, 1.807) is 0 Å². The van der Waals surface area contributed by atoms with Gasteiger partial charge in [0.05, 0.1) is 0 Å². The second-order valence-corrected chi connectivity index (χ2v) is 0.724. The Labute approximate surface area is 63.1 Å². The first-order chi connectivity index (χ1) is 1.91. The van der Waals surface area contributed by atoms with Crippen molar-refractivity contribution in [1.29, 1.82) is 0 Å². The maximum absolute atomic E-state index is 7.88. The fourth-order valence-corrected chi connectivity index (χ4v) is 0. The molecule has 0 saturated carbocycles. The Kier molecular flexibility index (Phi) is 723. The highest BCUT2D eigenvalue weighted by Crippen LogP contribution is 1.61. The zero-order valence-electron chi connectivity index (χ0n) is 2.86. The quantitative estimate of drug-likeness (QED) is 0.590. The summed E-state index contributed by atoms with van der Waals surface area (Å²) in [6, 6.07) is 0. The van der Waals surface area contributed by atoms with Gasteiger partial charge in [0, 0.05) is 6.61 Å². The van der Waals surface area contributed by atoms with Crippen molar-refractivity contribution < 1.29 is 5.11 Å². The van der Waals surface area contributed by atoms with E-state index in [4.69, 9.17) is 5.11 Å². The number of rotatable bonds is 1. The number of hydrogen-bond donors (Lipinski definition) is 1. The molecule has 0 aliphatic rings. The normalized spacial score (nSPS) is 3.33. The monoisotopic (exact) mass is 140 g/mol. The van der Waals surface area contributed by atoms with Gasteiger partial charge in [-0.15, -0.1) is 0 Å². The zero-order chi connectivity index (χ0) is 3.41. The van der Waals surface area contributed by atoms with Gasteiger partial charge in [0.1, 0.15) is 0 Å². The minimum Gasteiger partial charge on any atom is -0.396 e. The molecule has 0 rings (SSSR count). The lowest BCUT2D eigenvalue weighted by Crippen LogP contribution is -1.69. The predicted octanol–water partition coefficient (Wildman–Crippen LogP) is 3.57. The Hall–Kier alpha value is -0.0400. The molecule has 0 saturated heterocycles. The molecule has 0 atom stereocenters. The minimum absolute atomic E-state index is 0. The van der Waals surface area contributed by atoms with Gasteiger partial charge in [0.25, 0.3) is 0 Å². The van der Waals surface area contributed by atoms with E-state index in [-0.39, 0.29) is 37.1 Å². The standard InChI is InChI=1S/C3H8O.5CH4/c1-2-3-4;;;;;/h4H,2-3H2,1H3;5*1H4. The Balaban J connectivity index is -0.00000000450. The Morgan fingerprint density at radius 2 is 1.00 bits per heavy atom. The molecule has 0 bridgehead atoms. The highest BCUT2D eigenvalue weighted by molar-refractivity contribution is 4.10. The zero-order valence-corrected chi connectivity index (χ0v) is 2.86. The van der Waals surface area contributed by atoms with Crippen LogP contribution in [0.1, 0.15) is 50.5 Å². The van der Waals surface area contributed by atoms with Crippen LogP contribution in [0.3, 0.4) is 0 Å². The Morgan fingerprint density at radius 1 is 0.889 bits per heavy atom. The van der Waals surface area contributed by atoms with Gasteiger partial charge in [-0.1, -0.05) is 44.1 Å². The molecule has 0 aromatic heterocycles. The van der Waals surface area contributed by atoms with Crippen LogP contribution < -0.4 is 0 Å². The molecular formula is C8H28O. The Bertz CT molecular complexity index is 6.53. The molecule has 0 amide bonds. The molecule has 1 nitrogen and oxygen atoms in total. The van der Waals surface area contributed by atoms with Crippen molar-refractivity contribution in [1.82, 2.24) is 0 Å². The summed E-state index contributed by atoms with van der Waals surface area (Å²) in [6.45, 7) is 2.25. The summed E-state index contributed by atoms with van der Waals surface area (Å²) >= 11 is 0. The van der Waals surface area contributed by atoms with Crippen molar-refractivity contribution in [2.75, 3.05) is 6.61 Å². The molecule has 0 aromatic carbocycles. The van der Waals surface area contributed by atoms with Gasteiger partial charge >= 0.3 is 0 Å². The lowest BCUT2D eigenvalue weighted by Gasteiger charge is -1.69. The molecule has 0 aromatic rings. The number of aliphatic hydroxyl groups is 1. The van der Waals surface area contributed by atoms with E-state index in [0.717, 1.165) is 6.42 Å². The Morgan fingerprint density at radius 3 is 1.00 bits per heavy atom. The molecule has 0 unspecified atom stereocenters. The highest BCUT2D eigenvalue weighted by atomic mass is 16.2. The molecule has 0 radical (unpaired) electrons. The lowest BCUT2D eigenvalue weighted by molar-refractivity contribution is 0.295. The van der Waals surface area contributed by atoms with E-state index < -0.39 is 0 Å². The summed E-state index contributed by atoms with van der Waals surface area (Å²) in [5.74, 6) is 0. The van der Waals surface area contributed by atoms with Crippen molar-refractivity contribution in [2.45, 2.75) is 50.5 Å². The second kappa shape index (κ2) is 100. The van der Waals surface area contributed by atoms with E-state index in [1.807, 2.05) is 6.92 Å². The molecule has 0 aliphatic carbocycles. The smallest absolute Gasteiger partial charge is 0.0428 e. The average Bonchev–Trinajstić information content (AvgIpc) is 1.37. The summed E-state index contributed by atoms with van der Waals surface area (Å²) in [5.41, 5.74) is 0. The average molecular weight is 140 g/mol. The van der Waals surface area contributed by atoms with Crippen LogP contribution in [-0.4, -0.2) is 11.7 Å². The minimum atomic E-state index is 0. The summed E-state index contributed by atoms with van der Waals surface area (Å²) in [5, 5.41) is 7.88. The maximum atomic E-state index is 7.88. The van der Waals surface area contributed by atoms with Crippen molar-refractivity contribution in [3.05, 3.63) is 0 Å². The number of hydrogen-bond acceptors (Lipinski definition) is 1. The van der Waals surface area contributed by atoms with Gasteiger partial charge < -0.3 is 5.11 Å². The van der Waals surface area contributed by atoms with Crippen LogP contribution in [0.5, 0.6) is 0 Å². The molecule has 0 spiro atoms. The molecule has 0 heterocycles. The van der Waals surface area contributed by atoms with Crippen molar-refractivity contribution in [2.24, 2.45) is 0 Å². The third-order valence-electron chi connectivity index (χ3n) is 0.224. The summed E-state index contributed by atoms with van der Waals surface area (Å²) in [4.78, 5) is 0. The van der Waals surface area contributed by atoms with Crippen LogP contribution in [0, 0.1) is 0 Å². The van der Waals surface area contributed by atoms with Gasteiger partial charge in [-0.05, 0) is 6.42 Å². The first-order valence-electron chi connectivity index (χ1n) is 1.52. The summed E-state index contributed by atoms with van der Waals surface area (Å²) in [7, 11) is 0. The van der Waals surface area contributed by atoms with Crippen LogP contribution in [0.2, 0.25) is 0 Å². The van der Waals surface area contributed by atoms with Gasteiger partial charge in [-0.25, -0.2) is 0 Å². The van der Waals surface area contributed by atoms with Gasteiger partial charge in [0.15, 0.2) is 0 Å². The van der Waals surface area contributed by atoms with Gasteiger partial charge in [-0.2, -0.15) is 0 Å². The largest absolute Gasteiger partial charge is 0.396 e. The van der Waals surface area contributed by atoms with Gasteiger partial charge in [0.2, 0.25) is 0 Å². The lowest BCUT2D eigenvalue weighted by atomic mass is 10.5. The summed E-state index contributed by atoms with van der Waals surface area (Å²) in [6.07, 6.45) is 0.875. The molecule has 0 fully saturated rings. The fourth-order valence-electron chi connectivity index (χ4n) is 0. The molecule has 66 valence electrons. The van der Waals surface area contributed by atoms with E-state index in [2.05, 4.69) is 0 Å². The van der Waals surface area contributed by atoms with Crippen LogP contribution in [0.4, 0.5) is 0 Å². The summed E-state index contributed by atoms with van der Waals surface area (Å²) < 4.78 is 0. The van der Waals surface area contributed by atoms with Crippen molar-refractivity contribution in [3.63, 3.8) is 0 Å². The van der Waals surface area contributed by atoms with E-state index in [0.29, 0.717) is 6.61 Å².